The Labute approximate surface area is 228 Å². The molecule has 0 atom stereocenters. The van der Waals surface area contributed by atoms with Gasteiger partial charge in [-0.1, -0.05) is 39.6 Å². The Morgan fingerprint density at radius 1 is 1.13 bits per heavy atom. The number of rotatable bonds is 18. The molecule has 0 spiro atoms. The molecule has 12 heteroatoms. The summed E-state index contributed by atoms with van der Waals surface area (Å²) in [6.45, 7) is 15.0. The highest BCUT2D eigenvalue weighted by Crippen LogP contribution is 2.29. The first-order valence-electron chi connectivity index (χ1n) is 13.2. The van der Waals surface area contributed by atoms with Crippen molar-refractivity contribution in [1.29, 1.82) is 0 Å². The van der Waals surface area contributed by atoms with E-state index in [0.717, 1.165) is 29.5 Å². The minimum Gasteiger partial charge on any atom is -0.475 e. The molecule has 0 saturated carbocycles. The lowest BCUT2D eigenvalue weighted by Gasteiger charge is -2.28. The number of aliphatic hydroxyl groups excluding tert-OH is 1. The van der Waals surface area contributed by atoms with Crippen LogP contribution in [0.2, 0.25) is 25.7 Å². The van der Waals surface area contributed by atoms with E-state index in [2.05, 4.69) is 70.0 Å². The zero-order valence-corrected chi connectivity index (χ0v) is 25.0. The molecule has 2 rings (SSSR count). The molecule has 2 aromatic heterocycles. The van der Waals surface area contributed by atoms with E-state index in [4.69, 9.17) is 24.3 Å². The van der Waals surface area contributed by atoms with Crippen molar-refractivity contribution in [3.63, 3.8) is 0 Å². The highest BCUT2D eigenvalue weighted by molar-refractivity contribution is 6.76. The number of aliphatic hydroxyl groups is 1. The molecule has 0 bridgehead atoms. The van der Waals surface area contributed by atoms with Gasteiger partial charge < -0.3 is 34.9 Å². The lowest BCUT2D eigenvalue weighted by Crippen LogP contribution is -2.37. The predicted molar refractivity (Wildman–Crippen MR) is 153 cm³/mol. The molecule has 0 aromatic carbocycles. The summed E-state index contributed by atoms with van der Waals surface area (Å²) in [5.41, 5.74) is 1.96. The molecule has 0 aliphatic heterocycles. The second-order valence-electron chi connectivity index (χ2n) is 9.95. The van der Waals surface area contributed by atoms with Gasteiger partial charge in [-0.15, -0.1) is 0 Å². The molecule has 0 unspecified atom stereocenters. The van der Waals surface area contributed by atoms with Gasteiger partial charge >= 0.3 is 0 Å². The maximum absolute atomic E-state index is 8.99. The van der Waals surface area contributed by atoms with Crippen LogP contribution in [0.5, 0.6) is 11.8 Å². The lowest BCUT2D eigenvalue weighted by molar-refractivity contribution is 0.145. The first-order chi connectivity index (χ1) is 18.2. The number of ether oxygens (including phenoxy) is 3. The zero-order chi connectivity index (χ0) is 28.0. The molecule has 0 saturated heterocycles. The summed E-state index contributed by atoms with van der Waals surface area (Å²) in [6.07, 6.45) is 5.36. The molecule has 3 N–H and O–H groups in total. The number of anilines is 2. The van der Waals surface area contributed by atoms with Gasteiger partial charge in [0.25, 0.3) is 0 Å². The number of aromatic nitrogens is 4. The van der Waals surface area contributed by atoms with E-state index in [1.54, 1.807) is 19.3 Å². The van der Waals surface area contributed by atoms with Crippen LogP contribution < -0.4 is 25.0 Å². The third kappa shape index (κ3) is 10.8. The van der Waals surface area contributed by atoms with Gasteiger partial charge in [0.1, 0.15) is 25.8 Å². The molecule has 0 fully saturated rings. The van der Waals surface area contributed by atoms with Crippen LogP contribution in [-0.2, 0) is 17.8 Å². The Kier molecular flexibility index (Phi) is 13.2. The second kappa shape index (κ2) is 16.1. The Hall–Kier alpha value is -2.96. The Morgan fingerprint density at radius 3 is 2.58 bits per heavy atom. The predicted octanol–water partition coefficient (Wildman–Crippen LogP) is 3.80. The van der Waals surface area contributed by atoms with Crippen LogP contribution in [0, 0.1) is 0 Å². The van der Waals surface area contributed by atoms with Gasteiger partial charge in [0.05, 0.1) is 18.8 Å². The maximum atomic E-state index is 8.99. The Balaban J connectivity index is 2.31. The van der Waals surface area contributed by atoms with Gasteiger partial charge in [0.15, 0.2) is 5.82 Å². The largest absolute Gasteiger partial charge is 0.475 e. The second-order valence-corrected chi connectivity index (χ2v) is 15.6. The van der Waals surface area contributed by atoms with E-state index in [0.29, 0.717) is 50.0 Å². The highest BCUT2D eigenvalue weighted by Gasteiger charge is 2.21. The van der Waals surface area contributed by atoms with Crippen LogP contribution in [0.4, 0.5) is 11.8 Å². The van der Waals surface area contributed by atoms with Crippen molar-refractivity contribution >= 4 is 19.8 Å². The van der Waals surface area contributed by atoms with Crippen LogP contribution in [0.25, 0.3) is 0 Å². The number of allylic oxidation sites excluding steroid dienone is 2. The quantitative estimate of drug-likeness (QED) is 0.143. The molecule has 0 aliphatic rings. The van der Waals surface area contributed by atoms with Crippen LogP contribution >= 0.6 is 0 Å². The SMILES string of the molecule is CC/C=C(\C)NCN(COCC[Si](C)(C)C)c1nc(NC)nc(OCc2nccc(OCCO)n2)c1CC. The summed E-state index contributed by atoms with van der Waals surface area (Å²) < 4.78 is 17.6. The first-order valence-corrected chi connectivity index (χ1v) is 16.9. The minimum atomic E-state index is -1.21. The number of hydrogen-bond donors (Lipinski definition) is 3. The zero-order valence-electron chi connectivity index (χ0n) is 24.0. The van der Waals surface area contributed by atoms with Crippen molar-refractivity contribution < 1.29 is 19.3 Å². The summed E-state index contributed by atoms with van der Waals surface area (Å²) in [5, 5.41) is 15.5. The van der Waals surface area contributed by atoms with Gasteiger partial charge in [-0.25, -0.2) is 4.98 Å². The molecule has 212 valence electrons. The van der Waals surface area contributed by atoms with Gasteiger partial charge in [-0.3, -0.25) is 0 Å². The third-order valence-electron chi connectivity index (χ3n) is 5.49. The highest BCUT2D eigenvalue weighted by atomic mass is 28.3. The molecule has 0 aliphatic carbocycles. The first kappa shape index (κ1) is 31.3. The van der Waals surface area contributed by atoms with Gasteiger partial charge in [0.2, 0.25) is 17.7 Å². The fraction of sp³-hybridized carbons (Fsp3) is 0.615. The van der Waals surface area contributed by atoms with E-state index < -0.39 is 8.07 Å². The van der Waals surface area contributed by atoms with Crippen molar-refractivity contribution in [3.05, 3.63) is 35.4 Å². The van der Waals surface area contributed by atoms with E-state index >= 15 is 0 Å². The minimum absolute atomic E-state index is 0.0901. The average molecular weight is 548 g/mol. The van der Waals surface area contributed by atoms with Crippen LogP contribution in [0.15, 0.2) is 24.0 Å². The number of nitrogens with zero attached hydrogens (tertiary/aromatic N) is 5. The molecule has 38 heavy (non-hydrogen) atoms. The van der Waals surface area contributed by atoms with Gasteiger partial charge in [-0.2, -0.15) is 15.0 Å². The summed E-state index contributed by atoms with van der Waals surface area (Å²) in [7, 11) is 0.570. The standard InChI is InChI=1S/C26H45N7O4Si/c1-8-10-20(3)29-18-33(19-35-15-16-38(5,6)7)24-21(9-2)25(32-26(27-4)31-24)37-17-22-28-12-11-23(30-22)36-14-13-34/h10-12,29,34H,8-9,13-19H2,1-7H3,(H,27,31,32)/b20-10+. The summed E-state index contributed by atoms with van der Waals surface area (Å²) in [5.74, 6) is 2.47. The number of nitrogens with one attached hydrogen (secondary N) is 2. The van der Waals surface area contributed by atoms with Crippen molar-refractivity contribution in [2.45, 2.75) is 65.9 Å². The fourth-order valence-corrected chi connectivity index (χ4v) is 4.16. The van der Waals surface area contributed by atoms with Crippen molar-refractivity contribution in [2.75, 3.05) is 50.5 Å². The monoisotopic (exact) mass is 547 g/mol. The third-order valence-corrected chi connectivity index (χ3v) is 7.19. The molecule has 11 nitrogen and oxygen atoms in total. The van der Waals surface area contributed by atoms with Gasteiger partial charge in [-0.05, 0) is 25.8 Å². The smallest absolute Gasteiger partial charge is 0.227 e. The molecule has 0 amide bonds. The Bertz CT molecular complexity index is 1020. The van der Waals surface area contributed by atoms with Crippen molar-refractivity contribution in [3.8, 4) is 11.8 Å². The fourth-order valence-electron chi connectivity index (χ4n) is 3.40. The number of hydrogen-bond acceptors (Lipinski definition) is 11. The average Bonchev–Trinajstić information content (AvgIpc) is 2.89. The van der Waals surface area contributed by atoms with E-state index in [1.807, 2.05) is 6.92 Å². The van der Waals surface area contributed by atoms with Crippen molar-refractivity contribution in [1.82, 2.24) is 25.3 Å². The normalized spacial score (nSPS) is 11.8. The van der Waals surface area contributed by atoms with E-state index in [1.165, 1.54) is 0 Å². The maximum Gasteiger partial charge on any atom is 0.227 e. The topological polar surface area (TPSA) is 127 Å². The molecule has 2 heterocycles. The van der Waals surface area contributed by atoms with Crippen LogP contribution in [0.1, 0.15) is 38.6 Å². The molecule has 0 radical (unpaired) electrons. The summed E-state index contributed by atoms with van der Waals surface area (Å²) in [4.78, 5) is 20.1. The lowest BCUT2D eigenvalue weighted by atomic mass is 10.2. The summed E-state index contributed by atoms with van der Waals surface area (Å²) >= 11 is 0. The van der Waals surface area contributed by atoms with E-state index in [9.17, 15) is 0 Å². The summed E-state index contributed by atoms with van der Waals surface area (Å²) in [6, 6.07) is 2.73. The molecule has 2 aromatic rings. The van der Waals surface area contributed by atoms with Crippen LogP contribution in [0.3, 0.4) is 0 Å². The van der Waals surface area contributed by atoms with Crippen molar-refractivity contribution in [2.24, 2.45) is 0 Å². The molecular formula is C26H45N7O4Si. The van der Waals surface area contributed by atoms with E-state index in [-0.39, 0.29) is 19.8 Å². The Morgan fingerprint density at radius 2 is 1.92 bits per heavy atom. The van der Waals surface area contributed by atoms with Gasteiger partial charge in [0, 0.05) is 39.7 Å². The molecular weight excluding hydrogens is 502 g/mol. The van der Waals surface area contributed by atoms with Crippen LogP contribution in [-0.4, -0.2) is 73.4 Å².